The number of aromatic nitrogens is 1. The third-order valence-corrected chi connectivity index (χ3v) is 7.10. The highest BCUT2D eigenvalue weighted by Crippen LogP contribution is 2.44. The lowest BCUT2D eigenvalue weighted by atomic mass is 9.87. The fraction of sp³-hybridized carbons (Fsp3) is 0.429. The Balaban J connectivity index is 2.23. The van der Waals surface area contributed by atoms with E-state index in [-0.39, 0.29) is 17.3 Å². The van der Waals surface area contributed by atoms with Gasteiger partial charge in [-0.2, -0.15) is 0 Å². The molecule has 1 amide bonds. The zero-order valence-electron chi connectivity index (χ0n) is 21.8. The molecule has 0 aliphatic rings. The van der Waals surface area contributed by atoms with Crippen molar-refractivity contribution in [2.75, 3.05) is 13.2 Å². The summed E-state index contributed by atoms with van der Waals surface area (Å²) in [5.41, 5.74) is 7.70. The van der Waals surface area contributed by atoms with Crippen LogP contribution in [0.4, 0.5) is 0 Å². The van der Waals surface area contributed by atoms with Crippen molar-refractivity contribution in [3.05, 3.63) is 58.7 Å². The SMILES string of the molecule is CCOC(=O)C(C)(C)Cc1c(SC(C)(C)C)c2cc(OCC(N)=O)ccc2n1Cc1ccc(Cl)cc1. The van der Waals surface area contributed by atoms with E-state index in [0.29, 0.717) is 30.3 Å². The van der Waals surface area contributed by atoms with Gasteiger partial charge in [0, 0.05) is 44.2 Å². The number of hydrogen-bond acceptors (Lipinski definition) is 5. The molecule has 1 aromatic heterocycles. The average molecular weight is 531 g/mol. The molecule has 2 N–H and O–H groups in total. The lowest BCUT2D eigenvalue weighted by Gasteiger charge is -2.26. The van der Waals surface area contributed by atoms with E-state index in [1.165, 1.54) is 0 Å². The van der Waals surface area contributed by atoms with Crippen LogP contribution in [0.5, 0.6) is 5.75 Å². The number of nitrogens with two attached hydrogens (primary N) is 1. The maximum Gasteiger partial charge on any atom is 0.311 e. The summed E-state index contributed by atoms with van der Waals surface area (Å²) in [5, 5.41) is 1.68. The van der Waals surface area contributed by atoms with Crippen molar-refractivity contribution in [1.29, 1.82) is 0 Å². The van der Waals surface area contributed by atoms with Crippen molar-refractivity contribution in [2.45, 2.75) is 64.2 Å². The lowest BCUT2D eigenvalue weighted by molar-refractivity contribution is -0.153. The van der Waals surface area contributed by atoms with Gasteiger partial charge >= 0.3 is 5.97 Å². The molecule has 1 heterocycles. The van der Waals surface area contributed by atoms with Gasteiger partial charge in [0.2, 0.25) is 0 Å². The summed E-state index contributed by atoms with van der Waals surface area (Å²) in [5.74, 6) is -0.195. The number of benzene rings is 2. The Morgan fingerprint density at radius 3 is 2.31 bits per heavy atom. The second kappa shape index (κ2) is 11.2. The Bertz CT molecular complexity index is 1240. The van der Waals surface area contributed by atoms with Crippen LogP contribution in [0.3, 0.4) is 0 Å². The number of ether oxygens (including phenoxy) is 2. The molecule has 0 bridgehead atoms. The maximum atomic E-state index is 12.9. The van der Waals surface area contributed by atoms with Crippen LogP contribution in [-0.2, 0) is 27.3 Å². The van der Waals surface area contributed by atoms with Gasteiger partial charge in [0.1, 0.15) is 5.75 Å². The Kier molecular flexibility index (Phi) is 8.67. The van der Waals surface area contributed by atoms with E-state index < -0.39 is 11.3 Å². The van der Waals surface area contributed by atoms with E-state index in [9.17, 15) is 9.59 Å². The van der Waals surface area contributed by atoms with Crippen molar-refractivity contribution in [2.24, 2.45) is 11.1 Å². The highest BCUT2D eigenvalue weighted by Gasteiger charge is 2.34. The highest BCUT2D eigenvalue weighted by atomic mass is 35.5. The minimum Gasteiger partial charge on any atom is -0.484 e. The molecule has 0 aliphatic heterocycles. The number of carbonyl (C=O) groups excluding carboxylic acids is 2. The number of amides is 1. The molecular weight excluding hydrogens is 496 g/mol. The predicted molar refractivity (Wildman–Crippen MR) is 147 cm³/mol. The number of carbonyl (C=O) groups is 2. The van der Waals surface area contributed by atoms with Crippen molar-refractivity contribution in [3.63, 3.8) is 0 Å². The summed E-state index contributed by atoms with van der Waals surface area (Å²) >= 11 is 7.88. The molecule has 3 rings (SSSR count). The summed E-state index contributed by atoms with van der Waals surface area (Å²) in [6.07, 6.45) is 0.490. The van der Waals surface area contributed by atoms with Gasteiger partial charge < -0.3 is 19.8 Å². The smallest absolute Gasteiger partial charge is 0.311 e. The molecule has 0 aliphatic carbocycles. The largest absolute Gasteiger partial charge is 0.484 e. The molecule has 0 radical (unpaired) electrons. The third kappa shape index (κ3) is 6.98. The lowest BCUT2D eigenvalue weighted by Crippen LogP contribution is -2.30. The first-order chi connectivity index (χ1) is 16.8. The minimum absolute atomic E-state index is 0.0910. The number of fused-ring (bicyclic) bond motifs is 1. The topological polar surface area (TPSA) is 83.6 Å². The van der Waals surface area contributed by atoms with Gasteiger partial charge in [0.25, 0.3) is 5.91 Å². The summed E-state index contributed by atoms with van der Waals surface area (Å²) < 4.78 is 13.2. The summed E-state index contributed by atoms with van der Waals surface area (Å²) in [7, 11) is 0. The third-order valence-electron chi connectivity index (χ3n) is 5.57. The van der Waals surface area contributed by atoms with Gasteiger partial charge in [-0.05, 0) is 56.7 Å². The first kappa shape index (κ1) is 27.9. The molecule has 0 unspecified atom stereocenters. The molecule has 8 heteroatoms. The maximum absolute atomic E-state index is 12.9. The van der Waals surface area contributed by atoms with Crippen LogP contribution < -0.4 is 10.5 Å². The van der Waals surface area contributed by atoms with Gasteiger partial charge in [0.15, 0.2) is 6.61 Å². The van der Waals surface area contributed by atoms with Gasteiger partial charge in [-0.3, -0.25) is 9.59 Å². The predicted octanol–water partition coefficient (Wildman–Crippen LogP) is 6.23. The van der Waals surface area contributed by atoms with Gasteiger partial charge in [0.05, 0.1) is 12.0 Å². The molecule has 3 aromatic rings. The van der Waals surface area contributed by atoms with Crippen molar-refractivity contribution in [1.82, 2.24) is 4.57 Å². The highest BCUT2D eigenvalue weighted by molar-refractivity contribution is 8.00. The van der Waals surface area contributed by atoms with E-state index in [0.717, 1.165) is 27.1 Å². The first-order valence-electron chi connectivity index (χ1n) is 12.0. The molecule has 0 fully saturated rings. The molecule has 0 atom stereocenters. The standard InChI is InChI=1S/C28H35ClN2O4S/c1-7-34-26(33)28(5,6)15-23-25(36-27(2,3)4)21-14-20(35-17-24(30)32)12-13-22(21)31(23)16-18-8-10-19(29)11-9-18/h8-14H,7,15-17H2,1-6H3,(H2,30,32). The molecule has 0 saturated carbocycles. The van der Waals surface area contributed by atoms with Gasteiger partial charge in [-0.1, -0.05) is 44.5 Å². The van der Waals surface area contributed by atoms with E-state index >= 15 is 0 Å². The number of thioether (sulfide) groups is 1. The van der Waals surface area contributed by atoms with Crippen molar-refractivity contribution < 1.29 is 19.1 Å². The Morgan fingerprint density at radius 1 is 1.06 bits per heavy atom. The van der Waals surface area contributed by atoms with Gasteiger partial charge in [-0.15, -0.1) is 11.8 Å². The van der Waals surface area contributed by atoms with Crippen LogP contribution in [0.1, 0.15) is 52.8 Å². The van der Waals surface area contributed by atoms with Gasteiger partial charge in [-0.25, -0.2) is 0 Å². The quantitative estimate of drug-likeness (QED) is 0.248. The van der Waals surface area contributed by atoms with Crippen LogP contribution in [-0.4, -0.2) is 34.4 Å². The second-order valence-corrected chi connectivity index (χ2v) is 12.7. The van der Waals surface area contributed by atoms with Crippen LogP contribution in [0.15, 0.2) is 47.4 Å². The fourth-order valence-electron chi connectivity index (χ4n) is 3.97. The zero-order valence-corrected chi connectivity index (χ0v) is 23.4. The molecule has 36 heavy (non-hydrogen) atoms. The van der Waals surface area contributed by atoms with Crippen molar-refractivity contribution in [3.8, 4) is 5.75 Å². The van der Waals surface area contributed by atoms with E-state index in [4.69, 9.17) is 26.8 Å². The monoisotopic (exact) mass is 530 g/mol. The molecular formula is C28H35ClN2O4S. The molecule has 2 aromatic carbocycles. The van der Waals surface area contributed by atoms with Crippen LogP contribution in [0.25, 0.3) is 10.9 Å². The van der Waals surface area contributed by atoms with Crippen LogP contribution >= 0.6 is 23.4 Å². The zero-order chi connectivity index (χ0) is 26.7. The van der Waals surface area contributed by atoms with Crippen molar-refractivity contribution >= 4 is 46.1 Å². The number of primary amides is 1. The van der Waals surface area contributed by atoms with E-state index in [1.54, 1.807) is 11.8 Å². The molecule has 194 valence electrons. The van der Waals surface area contributed by atoms with Crippen LogP contribution in [0, 0.1) is 5.41 Å². The molecule has 0 saturated heterocycles. The van der Waals surface area contributed by atoms with Crippen LogP contribution in [0.2, 0.25) is 5.02 Å². The normalized spacial score (nSPS) is 12.1. The summed E-state index contributed by atoms with van der Waals surface area (Å²) in [4.78, 5) is 25.2. The number of hydrogen-bond donors (Lipinski definition) is 1. The molecule has 0 spiro atoms. The Morgan fingerprint density at radius 2 is 1.72 bits per heavy atom. The summed E-state index contributed by atoms with van der Waals surface area (Å²) in [6, 6.07) is 13.6. The first-order valence-corrected chi connectivity index (χ1v) is 13.2. The van der Waals surface area contributed by atoms with E-state index in [2.05, 4.69) is 25.3 Å². The number of rotatable bonds is 10. The number of halogens is 1. The average Bonchev–Trinajstić information content (AvgIpc) is 3.04. The summed E-state index contributed by atoms with van der Waals surface area (Å²) in [6.45, 7) is 12.9. The number of esters is 1. The Labute approximate surface area is 222 Å². The van der Waals surface area contributed by atoms with E-state index in [1.807, 2.05) is 63.2 Å². The fourth-order valence-corrected chi connectivity index (χ4v) is 5.28. The Hall–Kier alpha value is -2.64. The number of nitrogens with zero attached hydrogens (tertiary/aromatic N) is 1. The molecule has 6 nitrogen and oxygen atoms in total. The minimum atomic E-state index is -0.735. The second-order valence-electron chi connectivity index (χ2n) is 10.4.